The highest BCUT2D eigenvalue weighted by atomic mass is 16.5. The number of aliphatic carboxylic acids is 1. The first-order chi connectivity index (χ1) is 15.1. The van der Waals surface area contributed by atoms with Gasteiger partial charge in [0, 0.05) is 12.8 Å². The number of carbonyl (C=O) groups excluding carboxylic acids is 1. The van der Waals surface area contributed by atoms with Crippen molar-refractivity contribution in [3.05, 3.63) is 0 Å². The number of carbonyl (C=O) groups is 2. The predicted octanol–water partition coefficient (Wildman–Crippen LogP) is 8.60. The molecule has 0 amide bonds. The highest BCUT2D eigenvalue weighted by Gasteiger charge is 2.14. The van der Waals surface area contributed by atoms with E-state index in [0.717, 1.165) is 44.9 Å². The second-order valence-corrected chi connectivity index (χ2v) is 9.24. The summed E-state index contributed by atoms with van der Waals surface area (Å²) in [5.41, 5.74) is 0. The van der Waals surface area contributed by atoms with Crippen LogP contribution in [0.2, 0.25) is 0 Å². The molecule has 0 spiro atoms. The number of carboxylic acid groups (broad SMARTS) is 1. The number of hydrogen-bond acceptors (Lipinski definition) is 3. The van der Waals surface area contributed by atoms with Crippen LogP contribution < -0.4 is 0 Å². The molecule has 0 fully saturated rings. The average Bonchev–Trinajstić information content (AvgIpc) is 2.74. The van der Waals surface area contributed by atoms with Gasteiger partial charge >= 0.3 is 11.9 Å². The Morgan fingerprint density at radius 1 is 0.581 bits per heavy atom. The zero-order valence-electron chi connectivity index (χ0n) is 20.8. The third-order valence-corrected chi connectivity index (χ3v) is 6.08. The Hall–Kier alpha value is -1.06. The maximum absolute atomic E-state index is 12.3. The van der Waals surface area contributed by atoms with Crippen molar-refractivity contribution >= 4 is 11.9 Å². The molecule has 0 saturated heterocycles. The van der Waals surface area contributed by atoms with Crippen LogP contribution in [0.15, 0.2) is 0 Å². The number of carboxylic acids is 1. The number of unbranched alkanes of at least 4 members (excludes halogenated alkanes) is 15. The molecule has 4 nitrogen and oxygen atoms in total. The minimum absolute atomic E-state index is 0.0156. The molecule has 0 aromatic rings. The van der Waals surface area contributed by atoms with Crippen LogP contribution in [0.4, 0.5) is 0 Å². The van der Waals surface area contributed by atoms with Crippen molar-refractivity contribution < 1.29 is 19.4 Å². The Morgan fingerprint density at radius 3 is 1.45 bits per heavy atom. The lowest BCUT2D eigenvalue weighted by atomic mass is 10.0. The van der Waals surface area contributed by atoms with Gasteiger partial charge in [-0.15, -0.1) is 0 Å². The molecule has 4 heteroatoms. The van der Waals surface area contributed by atoms with Crippen molar-refractivity contribution in [1.29, 1.82) is 0 Å². The van der Waals surface area contributed by atoms with Crippen LogP contribution in [0.1, 0.15) is 155 Å². The summed E-state index contributed by atoms with van der Waals surface area (Å²) in [6.45, 7) is 4.46. The van der Waals surface area contributed by atoms with Crippen molar-refractivity contribution in [2.75, 3.05) is 0 Å². The molecule has 1 unspecified atom stereocenters. The van der Waals surface area contributed by atoms with Gasteiger partial charge in [0.05, 0.1) is 0 Å². The van der Waals surface area contributed by atoms with E-state index < -0.39 is 5.97 Å². The highest BCUT2D eigenvalue weighted by molar-refractivity contribution is 5.69. The maximum atomic E-state index is 12.3. The molecule has 184 valence electrons. The van der Waals surface area contributed by atoms with Crippen LogP contribution in [0.25, 0.3) is 0 Å². The molecule has 1 N–H and O–H groups in total. The second-order valence-electron chi connectivity index (χ2n) is 9.24. The van der Waals surface area contributed by atoms with Gasteiger partial charge in [0.1, 0.15) is 6.10 Å². The molecular weight excluding hydrogens is 388 g/mol. The van der Waals surface area contributed by atoms with Crippen LogP contribution >= 0.6 is 0 Å². The Labute approximate surface area is 192 Å². The third-order valence-electron chi connectivity index (χ3n) is 6.08. The summed E-state index contributed by atoms with van der Waals surface area (Å²) >= 11 is 0. The number of rotatable bonds is 24. The van der Waals surface area contributed by atoms with E-state index in [1.54, 1.807) is 0 Å². The Balaban J connectivity index is 3.84. The minimum atomic E-state index is -0.727. The lowest BCUT2D eigenvalue weighted by Gasteiger charge is -2.18. The SMILES string of the molecule is CCCCCCCCCCCCCC(=O)OC(CCCCCC)CCCCCC(=O)O. The fourth-order valence-electron chi connectivity index (χ4n) is 4.06. The summed E-state index contributed by atoms with van der Waals surface area (Å²) in [5, 5.41) is 8.74. The van der Waals surface area contributed by atoms with Gasteiger partial charge in [0.25, 0.3) is 0 Å². The van der Waals surface area contributed by atoms with Crippen molar-refractivity contribution in [2.24, 2.45) is 0 Å². The highest BCUT2D eigenvalue weighted by Crippen LogP contribution is 2.17. The lowest BCUT2D eigenvalue weighted by Crippen LogP contribution is -2.18. The van der Waals surface area contributed by atoms with Crippen LogP contribution in [0.5, 0.6) is 0 Å². The van der Waals surface area contributed by atoms with E-state index in [9.17, 15) is 9.59 Å². The van der Waals surface area contributed by atoms with Crippen LogP contribution in [0.3, 0.4) is 0 Å². The summed E-state index contributed by atoms with van der Waals surface area (Å²) in [6.07, 6.45) is 24.0. The van der Waals surface area contributed by atoms with Gasteiger partial charge in [-0.25, -0.2) is 0 Å². The Bertz CT molecular complexity index is 408. The topological polar surface area (TPSA) is 63.6 Å². The standard InChI is InChI=1S/C27H52O4/c1-3-5-7-9-10-11-12-13-14-15-20-24-27(30)31-25(21-17-8-6-4-2)22-18-16-19-23-26(28)29/h25H,3-24H2,1-2H3,(H,28,29). The quantitative estimate of drug-likeness (QED) is 0.120. The monoisotopic (exact) mass is 440 g/mol. The van der Waals surface area contributed by atoms with E-state index in [1.807, 2.05) is 0 Å². The maximum Gasteiger partial charge on any atom is 0.306 e. The van der Waals surface area contributed by atoms with Crippen LogP contribution in [0, 0.1) is 0 Å². The lowest BCUT2D eigenvalue weighted by molar-refractivity contribution is -0.150. The molecule has 0 heterocycles. The summed E-state index contributed by atoms with van der Waals surface area (Å²) < 4.78 is 5.79. The molecule has 0 aliphatic rings. The van der Waals surface area contributed by atoms with Gasteiger partial charge < -0.3 is 9.84 Å². The van der Waals surface area contributed by atoms with E-state index in [0.29, 0.717) is 12.8 Å². The zero-order chi connectivity index (χ0) is 23.0. The fourth-order valence-corrected chi connectivity index (χ4v) is 4.06. The molecule has 0 aromatic carbocycles. The summed E-state index contributed by atoms with van der Waals surface area (Å²) in [6, 6.07) is 0. The number of hydrogen-bond donors (Lipinski definition) is 1. The second kappa shape index (κ2) is 23.6. The van der Waals surface area contributed by atoms with Gasteiger partial charge in [-0.3, -0.25) is 9.59 Å². The first kappa shape index (κ1) is 29.9. The molecule has 0 aromatic heterocycles. The summed E-state index contributed by atoms with van der Waals surface area (Å²) in [7, 11) is 0. The van der Waals surface area contributed by atoms with Gasteiger partial charge in [-0.2, -0.15) is 0 Å². The predicted molar refractivity (Wildman–Crippen MR) is 130 cm³/mol. The van der Waals surface area contributed by atoms with Gasteiger partial charge in [0.15, 0.2) is 0 Å². The minimum Gasteiger partial charge on any atom is -0.481 e. The molecule has 0 aliphatic heterocycles. The fraction of sp³-hybridized carbons (Fsp3) is 0.926. The van der Waals surface area contributed by atoms with Crippen LogP contribution in [-0.2, 0) is 14.3 Å². The average molecular weight is 441 g/mol. The molecular formula is C27H52O4. The normalized spacial score (nSPS) is 12.1. The van der Waals surface area contributed by atoms with E-state index >= 15 is 0 Å². The summed E-state index contributed by atoms with van der Waals surface area (Å²) in [4.78, 5) is 22.9. The molecule has 0 rings (SSSR count). The van der Waals surface area contributed by atoms with E-state index in [-0.39, 0.29) is 18.5 Å². The first-order valence-corrected chi connectivity index (χ1v) is 13.5. The van der Waals surface area contributed by atoms with E-state index in [4.69, 9.17) is 9.84 Å². The van der Waals surface area contributed by atoms with Gasteiger partial charge in [-0.05, 0) is 38.5 Å². The number of esters is 1. The Morgan fingerprint density at radius 2 is 0.968 bits per heavy atom. The molecule has 31 heavy (non-hydrogen) atoms. The Kier molecular flexibility index (Phi) is 22.8. The van der Waals surface area contributed by atoms with E-state index in [1.165, 1.54) is 77.0 Å². The van der Waals surface area contributed by atoms with Crippen molar-refractivity contribution in [3.63, 3.8) is 0 Å². The molecule has 0 aliphatic carbocycles. The van der Waals surface area contributed by atoms with Crippen molar-refractivity contribution in [3.8, 4) is 0 Å². The van der Waals surface area contributed by atoms with Crippen molar-refractivity contribution in [2.45, 2.75) is 161 Å². The molecule has 0 bridgehead atoms. The summed E-state index contributed by atoms with van der Waals surface area (Å²) in [5.74, 6) is -0.767. The number of ether oxygens (including phenoxy) is 1. The van der Waals surface area contributed by atoms with Gasteiger partial charge in [-0.1, -0.05) is 104 Å². The largest absolute Gasteiger partial charge is 0.481 e. The third kappa shape index (κ3) is 23.4. The van der Waals surface area contributed by atoms with Crippen LogP contribution in [-0.4, -0.2) is 23.1 Å². The smallest absolute Gasteiger partial charge is 0.306 e. The molecule has 1 atom stereocenters. The molecule has 0 saturated carbocycles. The molecule has 0 radical (unpaired) electrons. The van der Waals surface area contributed by atoms with Crippen molar-refractivity contribution in [1.82, 2.24) is 0 Å². The van der Waals surface area contributed by atoms with Gasteiger partial charge in [0.2, 0.25) is 0 Å². The first-order valence-electron chi connectivity index (χ1n) is 13.5. The zero-order valence-corrected chi connectivity index (χ0v) is 20.8. The van der Waals surface area contributed by atoms with E-state index in [2.05, 4.69) is 13.8 Å².